The molecule has 1 aromatic rings. The molecule has 78 valence electrons. The molecule has 1 fully saturated rings. The van der Waals surface area contributed by atoms with Crippen molar-refractivity contribution in [2.75, 3.05) is 7.11 Å². The maximum absolute atomic E-state index is 6.02. The van der Waals surface area contributed by atoms with Crippen LogP contribution in [0.2, 0.25) is 0 Å². The largest absolute Gasteiger partial charge is 0.487 e. The summed E-state index contributed by atoms with van der Waals surface area (Å²) < 4.78 is 5.20. The molecule has 3 atom stereocenters. The number of thiophene rings is 1. The SMILES string of the molecule is COc1ccc(C2CCC(N)C2C)s1. The third kappa shape index (κ3) is 1.66. The van der Waals surface area contributed by atoms with Gasteiger partial charge in [0.25, 0.3) is 0 Å². The molecule has 3 heteroatoms. The van der Waals surface area contributed by atoms with Gasteiger partial charge in [-0.25, -0.2) is 0 Å². The second kappa shape index (κ2) is 3.91. The molecule has 2 nitrogen and oxygen atoms in total. The second-order valence-electron chi connectivity index (χ2n) is 4.07. The summed E-state index contributed by atoms with van der Waals surface area (Å²) in [5.74, 6) is 1.26. The minimum absolute atomic E-state index is 0.382. The summed E-state index contributed by atoms with van der Waals surface area (Å²) in [5, 5.41) is 1.01. The van der Waals surface area contributed by atoms with Crippen molar-refractivity contribution in [3.05, 3.63) is 17.0 Å². The lowest BCUT2D eigenvalue weighted by molar-refractivity contribution is 0.427. The molecule has 0 aromatic carbocycles. The molecule has 0 aliphatic heterocycles. The summed E-state index contributed by atoms with van der Waals surface area (Å²) in [6.45, 7) is 2.26. The molecule has 1 aliphatic rings. The van der Waals surface area contributed by atoms with E-state index in [4.69, 9.17) is 10.5 Å². The van der Waals surface area contributed by atoms with E-state index in [0.29, 0.717) is 17.9 Å². The van der Waals surface area contributed by atoms with Gasteiger partial charge < -0.3 is 10.5 Å². The Balaban J connectivity index is 2.15. The van der Waals surface area contributed by atoms with Crippen LogP contribution in [-0.4, -0.2) is 13.2 Å². The highest BCUT2D eigenvalue weighted by Gasteiger charge is 2.32. The van der Waals surface area contributed by atoms with Gasteiger partial charge in [0.15, 0.2) is 5.06 Å². The summed E-state index contributed by atoms with van der Waals surface area (Å²) in [7, 11) is 1.72. The van der Waals surface area contributed by atoms with Crippen molar-refractivity contribution in [3.63, 3.8) is 0 Å². The van der Waals surface area contributed by atoms with E-state index < -0.39 is 0 Å². The van der Waals surface area contributed by atoms with Gasteiger partial charge in [0.2, 0.25) is 0 Å². The molecule has 3 unspecified atom stereocenters. The zero-order valence-electron chi connectivity index (χ0n) is 8.69. The second-order valence-corrected chi connectivity index (χ2v) is 5.15. The van der Waals surface area contributed by atoms with Crippen molar-refractivity contribution in [2.24, 2.45) is 11.7 Å². The van der Waals surface area contributed by atoms with Gasteiger partial charge in [-0.05, 0) is 36.8 Å². The summed E-state index contributed by atoms with van der Waals surface area (Å²) >= 11 is 1.76. The maximum Gasteiger partial charge on any atom is 0.173 e. The van der Waals surface area contributed by atoms with E-state index in [-0.39, 0.29) is 0 Å². The standard InChI is InChI=1S/C11H17NOS/c1-7-8(3-4-9(7)12)10-5-6-11(13-2)14-10/h5-9H,3-4,12H2,1-2H3. The molecule has 0 spiro atoms. The number of ether oxygens (including phenoxy) is 1. The van der Waals surface area contributed by atoms with Crippen LogP contribution < -0.4 is 10.5 Å². The van der Waals surface area contributed by atoms with Gasteiger partial charge in [-0.3, -0.25) is 0 Å². The molecule has 0 radical (unpaired) electrons. The molecule has 2 rings (SSSR count). The quantitative estimate of drug-likeness (QED) is 0.816. The van der Waals surface area contributed by atoms with E-state index in [1.807, 2.05) is 0 Å². The topological polar surface area (TPSA) is 35.2 Å². The zero-order valence-corrected chi connectivity index (χ0v) is 9.51. The first-order valence-corrected chi connectivity index (χ1v) is 5.93. The molecule has 0 saturated heterocycles. The van der Waals surface area contributed by atoms with Crippen LogP contribution in [0.4, 0.5) is 0 Å². The molecule has 1 heterocycles. The lowest BCUT2D eigenvalue weighted by Gasteiger charge is -2.16. The van der Waals surface area contributed by atoms with E-state index in [2.05, 4.69) is 19.1 Å². The van der Waals surface area contributed by atoms with Gasteiger partial charge in [-0.1, -0.05) is 6.92 Å². The van der Waals surface area contributed by atoms with Crippen molar-refractivity contribution in [1.82, 2.24) is 0 Å². The Hall–Kier alpha value is -0.540. The van der Waals surface area contributed by atoms with Gasteiger partial charge >= 0.3 is 0 Å². The van der Waals surface area contributed by atoms with Crippen LogP contribution in [0.15, 0.2) is 12.1 Å². The number of nitrogens with two attached hydrogens (primary N) is 1. The number of rotatable bonds is 2. The average molecular weight is 211 g/mol. The Morgan fingerprint density at radius 2 is 2.21 bits per heavy atom. The third-order valence-corrected chi connectivity index (χ3v) is 4.47. The first-order valence-electron chi connectivity index (χ1n) is 5.11. The molecular weight excluding hydrogens is 194 g/mol. The molecule has 2 N–H and O–H groups in total. The molecule has 1 saturated carbocycles. The Bertz CT molecular complexity index is 310. The van der Waals surface area contributed by atoms with Crippen LogP contribution >= 0.6 is 11.3 Å². The third-order valence-electron chi connectivity index (χ3n) is 3.29. The van der Waals surface area contributed by atoms with Crippen LogP contribution in [0.1, 0.15) is 30.6 Å². The molecular formula is C11H17NOS. The highest BCUT2D eigenvalue weighted by Crippen LogP contribution is 2.42. The Morgan fingerprint density at radius 1 is 1.43 bits per heavy atom. The minimum Gasteiger partial charge on any atom is -0.487 e. The fraction of sp³-hybridized carbons (Fsp3) is 0.636. The lowest BCUT2D eigenvalue weighted by atomic mass is 9.95. The van der Waals surface area contributed by atoms with E-state index in [0.717, 1.165) is 11.5 Å². The van der Waals surface area contributed by atoms with Crippen molar-refractivity contribution < 1.29 is 4.74 Å². The normalized spacial score (nSPS) is 32.1. The molecule has 0 bridgehead atoms. The summed E-state index contributed by atoms with van der Waals surface area (Å²) in [4.78, 5) is 1.43. The minimum atomic E-state index is 0.382. The summed E-state index contributed by atoms with van der Waals surface area (Å²) in [6.07, 6.45) is 2.39. The van der Waals surface area contributed by atoms with Crippen LogP contribution in [0.5, 0.6) is 5.06 Å². The molecule has 14 heavy (non-hydrogen) atoms. The van der Waals surface area contributed by atoms with Crippen molar-refractivity contribution in [1.29, 1.82) is 0 Å². The van der Waals surface area contributed by atoms with Crippen LogP contribution in [0.25, 0.3) is 0 Å². The Kier molecular flexibility index (Phi) is 2.79. The Morgan fingerprint density at radius 3 is 2.71 bits per heavy atom. The van der Waals surface area contributed by atoms with Crippen LogP contribution in [0.3, 0.4) is 0 Å². The first kappa shape index (κ1) is 9.99. The van der Waals surface area contributed by atoms with Gasteiger partial charge in [-0.15, -0.1) is 11.3 Å². The molecule has 0 amide bonds. The van der Waals surface area contributed by atoms with Crippen molar-refractivity contribution >= 4 is 11.3 Å². The average Bonchev–Trinajstić information content (AvgIpc) is 2.75. The van der Waals surface area contributed by atoms with Crippen molar-refractivity contribution in [3.8, 4) is 5.06 Å². The highest BCUT2D eigenvalue weighted by molar-refractivity contribution is 7.13. The van der Waals surface area contributed by atoms with Crippen LogP contribution in [-0.2, 0) is 0 Å². The first-order chi connectivity index (χ1) is 6.72. The van der Waals surface area contributed by atoms with Crippen molar-refractivity contribution in [2.45, 2.75) is 31.7 Å². The predicted molar refractivity (Wildman–Crippen MR) is 60.0 cm³/mol. The zero-order chi connectivity index (χ0) is 10.1. The van der Waals surface area contributed by atoms with Gasteiger partial charge in [0.1, 0.15) is 0 Å². The number of hydrogen-bond donors (Lipinski definition) is 1. The molecule has 1 aliphatic carbocycles. The van der Waals surface area contributed by atoms with E-state index in [9.17, 15) is 0 Å². The fourth-order valence-electron chi connectivity index (χ4n) is 2.24. The number of hydrogen-bond acceptors (Lipinski definition) is 3. The highest BCUT2D eigenvalue weighted by atomic mass is 32.1. The fourth-order valence-corrected chi connectivity index (χ4v) is 3.31. The predicted octanol–water partition coefficient (Wildman–Crippen LogP) is 2.60. The van der Waals surface area contributed by atoms with Gasteiger partial charge in [0, 0.05) is 10.9 Å². The van der Waals surface area contributed by atoms with E-state index >= 15 is 0 Å². The number of methoxy groups -OCH3 is 1. The molecule has 1 aromatic heterocycles. The van der Waals surface area contributed by atoms with E-state index in [1.165, 1.54) is 11.3 Å². The van der Waals surface area contributed by atoms with Crippen LogP contribution in [0, 0.1) is 5.92 Å². The lowest BCUT2D eigenvalue weighted by Crippen LogP contribution is -2.24. The smallest absolute Gasteiger partial charge is 0.173 e. The monoisotopic (exact) mass is 211 g/mol. The Labute approximate surface area is 89.1 Å². The maximum atomic E-state index is 6.02. The van der Waals surface area contributed by atoms with E-state index in [1.54, 1.807) is 18.4 Å². The summed E-state index contributed by atoms with van der Waals surface area (Å²) in [6, 6.07) is 4.62. The van der Waals surface area contributed by atoms with Gasteiger partial charge in [0.05, 0.1) is 7.11 Å². The van der Waals surface area contributed by atoms with Gasteiger partial charge in [-0.2, -0.15) is 0 Å². The summed E-state index contributed by atoms with van der Waals surface area (Å²) in [5.41, 5.74) is 6.02.